The molecule has 2 aromatic carbocycles. The Labute approximate surface area is 111 Å². The van der Waals surface area contributed by atoms with Crippen LogP contribution in [0, 0.1) is 0 Å². The molecule has 0 N–H and O–H groups in total. The number of aromatic nitrogens is 1. The van der Waals surface area contributed by atoms with Crippen LogP contribution < -0.4 is 9.47 Å². The molecular formula is C16H13NO2. The molecule has 0 saturated heterocycles. The van der Waals surface area contributed by atoms with Gasteiger partial charge in [-0.3, -0.25) is 4.98 Å². The third kappa shape index (κ3) is 2.36. The number of hydrogen-bond donors (Lipinski definition) is 0. The van der Waals surface area contributed by atoms with Crippen LogP contribution in [0.4, 0.5) is 0 Å². The van der Waals surface area contributed by atoms with Crippen LogP contribution in [0.15, 0.2) is 60.8 Å². The van der Waals surface area contributed by atoms with Crippen molar-refractivity contribution in [2.24, 2.45) is 0 Å². The van der Waals surface area contributed by atoms with E-state index in [2.05, 4.69) is 4.98 Å². The smallest absolute Gasteiger partial charge is 0.138 e. The van der Waals surface area contributed by atoms with Gasteiger partial charge in [0.2, 0.25) is 0 Å². The summed E-state index contributed by atoms with van der Waals surface area (Å²) in [7, 11) is 1.65. The minimum atomic E-state index is 0.775. The first kappa shape index (κ1) is 11.5. The van der Waals surface area contributed by atoms with Crippen LogP contribution in [-0.2, 0) is 0 Å². The fraction of sp³-hybridized carbons (Fsp3) is 0.0625. The van der Waals surface area contributed by atoms with Gasteiger partial charge in [0, 0.05) is 11.6 Å². The predicted octanol–water partition coefficient (Wildman–Crippen LogP) is 4.04. The summed E-state index contributed by atoms with van der Waals surface area (Å²) in [6.45, 7) is 0. The summed E-state index contributed by atoms with van der Waals surface area (Å²) in [4.78, 5) is 4.31. The van der Waals surface area contributed by atoms with Crippen molar-refractivity contribution >= 4 is 10.9 Å². The van der Waals surface area contributed by atoms with E-state index in [0.717, 1.165) is 28.2 Å². The molecule has 94 valence electrons. The Hall–Kier alpha value is -2.55. The Morgan fingerprint density at radius 2 is 1.58 bits per heavy atom. The molecule has 0 unspecified atom stereocenters. The summed E-state index contributed by atoms with van der Waals surface area (Å²) in [6.07, 6.45) is 1.75. The van der Waals surface area contributed by atoms with E-state index in [1.165, 1.54) is 0 Å². The van der Waals surface area contributed by atoms with Gasteiger partial charge < -0.3 is 9.47 Å². The van der Waals surface area contributed by atoms with Gasteiger partial charge in [0.25, 0.3) is 0 Å². The van der Waals surface area contributed by atoms with Gasteiger partial charge in [-0.05, 0) is 42.5 Å². The maximum Gasteiger partial charge on any atom is 0.138 e. The molecule has 3 heteroatoms. The van der Waals surface area contributed by atoms with E-state index < -0.39 is 0 Å². The summed E-state index contributed by atoms with van der Waals surface area (Å²) in [5.41, 5.74) is 0.925. The summed E-state index contributed by atoms with van der Waals surface area (Å²) in [5.74, 6) is 2.39. The Morgan fingerprint density at radius 3 is 2.37 bits per heavy atom. The fourth-order valence-corrected chi connectivity index (χ4v) is 1.93. The van der Waals surface area contributed by atoms with Gasteiger partial charge in [-0.1, -0.05) is 12.1 Å². The average Bonchev–Trinajstić information content (AvgIpc) is 2.48. The van der Waals surface area contributed by atoms with E-state index in [4.69, 9.17) is 9.47 Å². The molecule has 0 bridgehead atoms. The van der Waals surface area contributed by atoms with Gasteiger partial charge in [-0.2, -0.15) is 0 Å². The van der Waals surface area contributed by atoms with E-state index in [0.29, 0.717) is 0 Å². The van der Waals surface area contributed by atoms with Crippen LogP contribution in [0.2, 0.25) is 0 Å². The van der Waals surface area contributed by atoms with Crippen LogP contribution >= 0.6 is 0 Å². The van der Waals surface area contributed by atoms with Crippen molar-refractivity contribution in [1.82, 2.24) is 4.98 Å². The molecule has 0 atom stereocenters. The highest BCUT2D eigenvalue weighted by Gasteiger charge is 2.03. The lowest BCUT2D eigenvalue weighted by molar-refractivity contribution is 0.413. The second kappa shape index (κ2) is 4.98. The van der Waals surface area contributed by atoms with Crippen molar-refractivity contribution in [1.29, 1.82) is 0 Å². The fourth-order valence-electron chi connectivity index (χ4n) is 1.93. The van der Waals surface area contributed by atoms with Gasteiger partial charge in [-0.25, -0.2) is 0 Å². The SMILES string of the molecule is COc1ccc(Oc2ccnc3ccccc23)cc1. The Kier molecular flexibility index (Phi) is 3.02. The van der Waals surface area contributed by atoms with Gasteiger partial charge in [0.15, 0.2) is 0 Å². The number of nitrogens with zero attached hydrogens (tertiary/aromatic N) is 1. The molecular weight excluding hydrogens is 238 g/mol. The molecule has 0 amide bonds. The normalized spacial score (nSPS) is 10.4. The van der Waals surface area contributed by atoms with Crippen molar-refractivity contribution in [3.05, 3.63) is 60.8 Å². The average molecular weight is 251 g/mol. The molecule has 3 aromatic rings. The van der Waals surface area contributed by atoms with Gasteiger partial charge >= 0.3 is 0 Å². The number of pyridine rings is 1. The van der Waals surface area contributed by atoms with Crippen molar-refractivity contribution in [3.8, 4) is 17.2 Å². The summed E-state index contributed by atoms with van der Waals surface area (Å²) >= 11 is 0. The Bertz CT molecular complexity index is 687. The van der Waals surface area contributed by atoms with Gasteiger partial charge in [0.05, 0.1) is 12.6 Å². The molecule has 1 heterocycles. The standard InChI is InChI=1S/C16H13NO2/c1-18-12-6-8-13(9-7-12)19-16-10-11-17-15-5-3-2-4-14(15)16/h2-11H,1H3. The lowest BCUT2D eigenvalue weighted by Gasteiger charge is -2.08. The van der Waals surface area contributed by atoms with Gasteiger partial charge in [-0.15, -0.1) is 0 Å². The summed E-state index contributed by atoms with van der Waals surface area (Å²) in [6, 6.07) is 17.3. The third-order valence-corrected chi connectivity index (χ3v) is 2.90. The number of hydrogen-bond acceptors (Lipinski definition) is 3. The minimum Gasteiger partial charge on any atom is -0.497 e. The van der Waals surface area contributed by atoms with E-state index in [1.807, 2.05) is 54.6 Å². The minimum absolute atomic E-state index is 0.775. The Balaban J connectivity index is 1.96. The van der Waals surface area contributed by atoms with E-state index in [-0.39, 0.29) is 0 Å². The molecule has 3 nitrogen and oxygen atoms in total. The number of ether oxygens (including phenoxy) is 2. The summed E-state index contributed by atoms with van der Waals surface area (Å²) in [5, 5.41) is 1.00. The van der Waals surface area contributed by atoms with Crippen LogP contribution in [0.3, 0.4) is 0 Å². The van der Waals surface area contributed by atoms with Crippen molar-refractivity contribution in [2.45, 2.75) is 0 Å². The number of rotatable bonds is 3. The first-order chi connectivity index (χ1) is 9.36. The molecule has 0 fully saturated rings. The van der Waals surface area contributed by atoms with Crippen molar-refractivity contribution < 1.29 is 9.47 Å². The van der Waals surface area contributed by atoms with Crippen LogP contribution in [0.25, 0.3) is 10.9 Å². The monoisotopic (exact) mass is 251 g/mol. The highest BCUT2D eigenvalue weighted by Crippen LogP contribution is 2.29. The summed E-state index contributed by atoms with van der Waals surface area (Å²) < 4.78 is 11.0. The molecule has 0 saturated carbocycles. The molecule has 0 aliphatic heterocycles. The lowest BCUT2D eigenvalue weighted by Crippen LogP contribution is -1.88. The van der Waals surface area contributed by atoms with E-state index in [9.17, 15) is 0 Å². The molecule has 3 rings (SSSR count). The zero-order valence-corrected chi connectivity index (χ0v) is 10.5. The molecule has 1 aromatic heterocycles. The predicted molar refractivity (Wildman–Crippen MR) is 74.8 cm³/mol. The van der Waals surface area contributed by atoms with Gasteiger partial charge in [0.1, 0.15) is 17.2 Å². The van der Waals surface area contributed by atoms with Crippen molar-refractivity contribution in [3.63, 3.8) is 0 Å². The highest BCUT2D eigenvalue weighted by molar-refractivity contribution is 5.84. The number of benzene rings is 2. The number of fused-ring (bicyclic) bond motifs is 1. The quantitative estimate of drug-likeness (QED) is 0.704. The topological polar surface area (TPSA) is 31.4 Å². The first-order valence-electron chi connectivity index (χ1n) is 6.02. The van der Waals surface area contributed by atoms with Crippen LogP contribution in [0.5, 0.6) is 17.2 Å². The molecule has 19 heavy (non-hydrogen) atoms. The maximum atomic E-state index is 5.90. The maximum absolute atomic E-state index is 5.90. The molecule has 0 aliphatic rings. The van der Waals surface area contributed by atoms with E-state index in [1.54, 1.807) is 13.3 Å². The molecule has 0 aliphatic carbocycles. The first-order valence-corrected chi connectivity index (χ1v) is 6.02. The van der Waals surface area contributed by atoms with Crippen LogP contribution in [-0.4, -0.2) is 12.1 Å². The number of methoxy groups -OCH3 is 1. The largest absolute Gasteiger partial charge is 0.497 e. The Morgan fingerprint density at radius 1 is 0.842 bits per heavy atom. The zero-order valence-electron chi connectivity index (χ0n) is 10.5. The second-order valence-corrected chi connectivity index (χ2v) is 4.10. The van der Waals surface area contributed by atoms with Crippen LogP contribution in [0.1, 0.15) is 0 Å². The molecule has 0 spiro atoms. The second-order valence-electron chi connectivity index (χ2n) is 4.10. The van der Waals surface area contributed by atoms with E-state index >= 15 is 0 Å². The third-order valence-electron chi connectivity index (χ3n) is 2.90. The zero-order chi connectivity index (χ0) is 13.1. The highest BCUT2D eigenvalue weighted by atomic mass is 16.5. The number of para-hydroxylation sites is 1. The molecule has 0 radical (unpaired) electrons. The van der Waals surface area contributed by atoms with Crippen molar-refractivity contribution in [2.75, 3.05) is 7.11 Å². The lowest BCUT2D eigenvalue weighted by atomic mass is 10.2.